The normalized spacial score (nSPS) is 11.9. The van der Waals surface area contributed by atoms with Crippen molar-refractivity contribution in [3.63, 3.8) is 0 Å². The fraction of sp³-hybridized carbons (Fsp3) is 0.923. The van der Waals surface area contributed by atoms with Crippen LogP contribution in [0.2, 0.25) is 0 Å². The first-order valence-corrected chi connectivity index (χ1v) is 9.17. The molecule has 0 aliphatic carbocycles. The van der Waals surface area contributed by atoms with E-state index in [1.807, 2.05) is 6.92 Å². The minimum atomic E-state index is -2.95. The number of aliphatic imine (C=N–C) groups is 1. The van der Waals surface area contributed by atoms with Crippen LogP contribution in [-0.2, 0) is 19.3 Å². The number of ether oxygens (including phenoxy) is 2. The largest absolute Gasteiger partial charge is 0.382 e. The van der Waals surface area contributed by atoms with Crippen LogP contribution in [0.5, 0.6) is 0 Å². The van der Waals surface area contributed by atoms with Crippen molar-refractivity contribution in [2.75, 3.05) is 58.1 Å². The van der Waals surface area contributed by atoms with Gasteiger partial charge in [0.1, 0.15) is 0 Å². The average molecular weight is 451 g/mol. The first-order valence-electron chi connectivity index (χ1n) is 7.35. The number of guanidine groups is 1. The molecule has 0 unspecified atom stereocenters. The van der Waals surface area contributed by atoms with Gasteiger partial charge in [0.05, 0.1) is 19.0 Å². The molecule has 22 heavy (non-hydrogen) atoms. The highest BCUT2D eigenvalue weighted by atomic mass is 127. The maximum absolute atomic E-state index is 11.4. The summed E-state index contributed by atoms with van der Waals surface area (Å²) in [4.78, 5) is 4.37. The van der Waals surface area contributed by atoms with Gasteiger partial charge in [0.15, 0.2) is 15.8 Å². The summed E-state index contributed by atoms with van der Waals surface area (Å²) in [5.41, 5.74) is 0. The van der Waals surface area contributed by atoms with E-state index in [-0.39, 0.29) is 35.5 Å². The Morgan fingerprint density at radius 3 is 2.45 bits per heavy atom. The van der Waals surface area contributed by atoms with Gasteiger partial charge >= 0.3 is 0 Å². The first kappa shape index (κ1) is 24.1. The van der Waals surface area contributed by atoms with Crippen LogP contribution in [0.15, 0.2) is 4.99 Å². The minimum absolute atomic E-state index is 0. The molecule has 0 atom stereocenters. The molecule has 0 saturated heterocycles. The van der Waals surface area contributed by atoms with Crippen molar-refractivity contribution in [3.05, 3.63) is 0 Å². The number of rotatable bonds is 12. The topological polar surface area (TPSA) is 89.0 Å². The van der Waals surface area contributed by atoms with Gasteiger partial charge in [-0.25, -0.2) is 8.42 Å². The second-order valence-electron chi connectivity index (χ2n) is 4.38. The highest BCUT2D eigenvalue weighted by molar-refractivity contribution is 14.0. The maximum Gasteiger partial charge on any atom is 0.191 e. The minimum Gasteiger partial charge on any atom is -0.382 e. The zero-order chi connectivity index (χ0) is 16.0. The Hall–Kier alpha value is -0.130. The molecule has 0 saturated carbocycles. The van der Waals surface area contributed by atoms with Gasteiger partial charge in [0.2, 0.25) is 0 Å². The van der Waals surface area contributed by atoms with Crippen LogP contribution in [0.1, 0.15) is 20.3 Å². The molecule has 0 amide bonds. The molecule has 134 valence electrons. The highest BCUT2D eigenvalue weighted by Gasteiger charge is 2.07. The first-order chi connectivity index (χ1) is 10.1. The standard InChI is InChI=1S/C13H29N3O4S.HI/c1-4-14-13(16-8-12-21(17,18)5-2)15-7-6-9-20-11-10-19-3;/h4-12H2,1-3H3,(H2,14,15,16);1H. The number of hydrogen-bond donors (Lipinski definition) is 2. The van der Waals surface area contributed by atoms with Crippen LogP contribution in [0.25, 0.3) is 0 Å². The summed E-state index contributed by atoms with van der Waals surface area (Å²) in [6, 6.07) is 0. The molecule has 0 rings (SSSR count). The Balaban J connectivity index is 0. The van der Waals surface area contributed by atoms with Gasteiger partial charge in [-0.15, -0.1) is 24.0 Å². The summed E-state index contributed by atoms with van der Waals surface area (Å²) >= 11 is 0. The van der Waals surface area contributed by atoms with Crippen molar-refractivity contribution >= 4 is 39.8 Å². The summed E-state index contributed by atoms with van der Waals surface area (Å²) in [7, 11) is -1.31. The second-order valence-corrected chi connectivity index (χ2v) is 6.86. The van der Waals surface area contributed by atoms with E-state index in [2.05, 4.69) is 15.6 Å². The van der Waals surface area contributed by atoms with Crippen molar-refractivity contribution < 1.29 is 17.9 Å². The molecule has 0 aromatic carbocycles. The summed E-state index contributed by atoms with van der Waals surface area (Å²) in [6.07, 6.45) is 0.813. The number of halogens is 1. The van der Waals surface area contributed by atoms with Crippen molar-refractivity contribution in [1.82, 2.24) is 10.6 Å². The predicted molar refractivity (Wildman–Crippen MR) is 101 cm³/mol. The summed E-state index contributed by atoms with van der Waals surface area (Å²) < 4.78 is 33.0. The van der Waals surface area contributed by atoms with Gasteiger partial charge < -0.3 is 20.1 Å². The van der Waals surface area contributed by atoms with E-state index in [0.29, 0.717) is 38.9 Å². The van der Waals surface area contributed by atoms with Crippen LogP contribution in [0, 0.1) is 0 Å². The molecule has 2 N–H and O–H groups in total. The summed E-state index contributed by atoms with van der Waals surface area (Å²) in [5, 5.41) is 6.10. The molecular formula is C13H30IN3O4S. The third kappa shape index (κ3) is 14.8. The lowest BCUT2D eigenvalue weighted by molar-refractivity contribution is 0.0702. The van der Waals surface area contributed by atoms with Gasteiger partial charge in [-0.3, -0.25) is 4.99 Å². The maximum atomic E-state index is 11.4. The Bertz CT molecular complexity index is 377. The van der Waals surface area contributed by atoms with Crippen molar-refractivity contribution in [2.24, 2.45) is 4.99 Å². The zero-order valence-corrected chi connectivity index (χ0v) is 16.9. The monoisotopic (exact) mass is 451 g/mol. The number of nitrogens with zero attached hydrogens (tertiary/aromatic N) is 1. The van der Waals surface area contributed by atoms with Gasteiger partial charge in [0.25, 0.3) is 0 Å². The molecule has 0 aromatic heterocycles. The SMILES string of the molecule is CCNC(=NCCCOCCOC)NCCS(=O)(=O)CC.I. The molecule has 0 spiro atoms. The number of sulfone groups is 1. The Morgan fingerprint density at radius 1 is 1.14 bits per heavy atom. The second kappa shape index (κ2) is 15.8. The molecule has 0 heterocycles. The van der Waals surface area contributed by atoms with E-state index in [0.717, 1.165) is 13.0 Å². The van der Waals surface area contributed by atoms with Gasteiger partial charge in [-0.1, -0.05) is 6.92 Å². The lowest BCUT2D eigenvalue weighted by Crippen LogP contribution is -2.39. The van der Waals surface area contributed by atoms with E-state index in [1.54, 1.807) is 14.0 Å². The quantitative estimate of drug-likeness (QED) is 0.196. The third-order valence-electron chi connectivity index (χ3n) is 2.64. The summed E-state index contributed by atoms with van der Waals surface area (Å²) in [5.74, 6) is 0.926. The molecule has 7 nitrogen and oxygen atoms in total. The molecule has 0 aliphatic heterocycles. The van der Waals surface area contributed by atoms with Crippen LogP contribution in [-0.4, -0.2) is 72.4 Å². The lowest BCUT2D eigenvalue weighted by Gasteiger charge is -2.11. The van der Waals surface area contributed by atoms with Gasteiger partial charge in [0, 0.05) is 39.1 Å². The van der Waals surface area contributed by atoms with E-state index >= 15 is 0 Å². The van der Waals surface area contributed by atoms with Gasteiger partial charge in [-0.2, -0.15) is 0 Å². The molecule has 0 aliphatic rings. The van der Waals surface area contributed by atoms with E-state index in [9.17, 15) is 8.42 Å². The van der Waals surface area contributed by atoms with Crippen LogP contribution in [0.4, 0.5) is 0 Å². The number of methoxy groups -OCH3 is 1. The Morgan fingerprint density at radius 2 is 1.86 bits per heavy atom. The summed E-state index contributed by atoms with van der Waals surface area (Å²) in [6.45, 7) is 7.17. The fourth-order valence-corrected chi connectivity index (χ4v) is 2.11. The van der Waals surface area contributed by atoms with E-state index < -0.39 is 9.84 Å². The molecule has 0 radical (unpaired) electrons. The van der Waals surface area contributed by atoms with Crippen LogP contribution >= 0.6 is 24.0 Å². The van der Waals surface area contributed by atoms with Crippen molar-refractivity contribution in [2.45, 2.75) is 20.3 Å². The Kier molecular flexibility index (Phi) is 17.3. The third-order valence-corrected chi connectivity index (χ3v) is 4.34. The smallest absolute Gasteiger partial charge is 0.191 e. The van der Waals surface area contributed by atoms with E-state index in [1.165, 1.54) is 0 Å². The predicted octanol–water partition coefficient (Wildman–Crippen LogP) is 0.647. The molecule has 9 heteroatoms. The highest BCUT2D eigenvalue weighted by Crippen LogP contribution is 1.88. The zero-order valence-electron chi connectivity index (χ0n) is 13.8. The lowest BCUT2D eigenvalue weighted by atomic mass is 10.4. The fourth-order valence-electron chi connectivity index (χ4n) is 1.41. The van der Waals surface area contributed by atoms with Gasteiger partial charge in [-0.05, 0) is 13.3 Å². The molecule has 0 bridgehead atoms. The average Bonchev–Trinajstić information content (AvgIpc) is 2.46. The van der Waals surface area contributed by atoms with Crippen molar-refractivity contribution in [1.29, 1.82) is 0 Å². The van der Waals surface area contributed by atoms with Crippen LogP contribution < -0.4 is 10.6 Å². The molecule has 0 aromatic rings. The molecular weight excluding hydrogens is 421 g/mol. The van der Waals surface area contributed by atoms with Crippen molar-refractivity contribution in [3.8, 4) is 0 Å². The van der Waals surface area contributed by atoms with Crippen LogP contribution in [0.3, 0.4) is 0 Å². The number of nitrogens with one attached hydrogen (secondary N) is 2. The molecule has 0 fully saturated rings. The number of hydrogen-bond acceptors (Lipinski definition) is 5. The Labute approximate surface area is 151 Å². The van der Waals surface area contributed by atoms with E-state index in [4.69, 9.17) is 9.47 Å².